The van der Waals surface area contributed by atoms with Gasteiger partial charge in [0.05, 0.1) is 6.61 Å². The fraction of sp³-hybridized carbons (Fsp3) is 0.800. The normalized spacial score (nSPS) is 19.5. The molecule has 0 atom stereocenters. The molecule has 1 aliphatic carbocycles. The predicted molar refractivity (Wildman–Crippen MR) is 51.2 cm³/mol. The predicted octanol–water partition coefficient (Wildman–Crippen LogP) is 2.48. The lowest BCUT2D eigenvalue weighted by atomic mass is 9.89. The van der Waals surface area contributed by atoms with E-state index in [0.29, 0.717) is 18.4 Å². The Morgan fingerprint density at radius 2 is 2.15 bits per heavy atom. The maximum atomic E-state index is 8.48. The van der Waals surface area contributed by atoms with Crippen LogP contribution in [0.2, 0.25) is 0 Å². The SMILES string of the molecule is CCOC(=NC#N)C1CCCCC1. The zero-order valence-corrected chi connectivity index (χ0v) is 8.12. The van der Waals surface area contributed by atoms with Crippen molar-refractivity contribution in [2.75, 3.05) is 6.61 Å². The van der Waals surface area contributed by atoms with Gasteiger partial charge in [-0.1, -0.05) is 19.3 Å². The van der Waals surface area contributed by atoms with Crippen molar-refractivity contribution >= 4 is 5.90 Å². The van der Waals surface area contributed by atoms with Crippen LogP contribution in [0.15, 0.2) is 4.99 Å². The molecular weight excluding hydrogens is 164 g/mol. The summed E-state index contributed by atoms with van der Waals surface area (Å²) in [6, 6.07) is 0. The first-order chi connectivity index (χ1) is 6.38. The summed E-state index contributed by atoms with van der Waals surface area (Å²) in [5.41, 5.74) is 0. The molecule has 0 N–H and O–H groups in total. The van der Waals surface area contributed by atoms with Gasteiger partial charge in [0, 0.05) is 5.92 Å². The molecule has 0 aliphatic heterocycles. The summed E-state index contributed by atoms with van der Waals surface area (Å²) in [6.07, 6.45) is 7.85. The Morgan fingerprint density at radius 3 is 2.69 bits per heavy atom. The molecule has 0 unspecified atom stereocenters. The Bertz CT molecular complexity index is 211. The van der Waals surface area contributed by atoms with E-state index < -0.39 is 0 Å². The van der Waals surface area contributed by atoms with Crippen LogP contribution in [0.1, 0.15) is 39.0 Å². The van der Waals surface area contributed by atoms with E-state index in [1.165, 1.54) is 19.3 Å². The quantitative estimate of drug-likeness (QED) is 0.372. The minimum atomic E-state index is 0.397. The monoisotopic (exact) mass is 180 g/mol. The second-order valence-corrected chi connectivity index (χ2v) is 3.32. The standard InChI is InChI=1S/C10H16N2O/c1-2-13-10(12-8-11)9-6-4-3-5-7-9/h9H,2-7H2,1H3. The third kappa shape index (κ3) is 3.06. The number of hydrogen-bond acceptors (Lipinski definition) is 3. The summed E-state index contributed by atoms with van der Waals surface area (Å²) in [7, 11) is 0. The molecule has 3 heteroatoms. The van der Waals surface area contributed by atoms with Crippen LogP contribution in [0.25, 0.3) is 0 Å². The Labute approximate surface area is 79.4 Å². The van der Waals surface area contributed by atoms with Gasteiger partial charge in [0.1, 0.15) is 0 Å². The Hall–Kier alpha value is -1.04. The highest BCUT2D eigenvalue weighted by Crippen LogP contribution is 2.25. The molecule has 1 saturated carbocycles. The average Bonchev–Trinajstić information content (AvgIpc) is 2.19. The van der Waals surface area contributed by atoms with E-state index in [2.05, 4.69) is 4.99 Å². The molecule has 1 aliphatic rings. The van der Waals surface area contributed by atoms with Crippen molar-refractivity contribution in [3.05, 3.63) is 0 Å². The zero-order chi connectivity index (χ0) is 9.52. The lowest BCUT2D eigenvalue weighted by molar-refractivity contribution is 0.279. The van der Waals surface area contributed by atoms with E-state index in [4.69, 9.17) is 10.00 Å². The smallest absolute Gasteiger partial charge is 0.208 e. The van der Waals surface area contributed by atoms with Gasteiger partial charge >= 0.3 is 0 Å². The van der Waals surface area contributed by atoms with Gasteiger partial charge < -0.3 is 4.74 Å². The minimum absolute atomic E-state index is 0.397. The van der Waals surface area contributed by atoms with Gasteiger partial charge in [0.25, 0.3) is 0 Å². The molecule has 0 aromatic heterocycles. The molecule has 0 heterocycles. The van der Waals surface area contributed by atoms with E-state index in [9.17, 15) is 0 Å². The first-order valence-electron chi connectivity index (χ1n) is 4.98. The van der Waals surface area contributed by atoms with Crippen molar-refractivity contribution < 1.29 is 4.74 Å². The van der Waals surface area contributed by atoms with Crippen LogP contribution in [0, 0.1) is 17.4 Å². The number of nitrogens with zero attached hydrogens (tertiary/aromatic N) is 2. The molecule has 1 fully saturated rings. The third-order valence-electron chi connectivity index (χ3n) is 2.41. The van der Waals surface area contributed by atoms with Gasteiger partial charge in [-0.2, -0.15) is 5.26 Å². The molecular formula is C10H16N2O. The van der Waals surface area contributed by atoms with Crippen molar-refractivity contribution in [3.63, 3.8) is 0 Å². The van der Waals surface area contributed by atoms with Gasteiger partial charge in [-0.15, -0.1) is 4.99 Å². The van der Waals surface area contributed by atoms with Crippen molar-refractivity contribution in [1.82, 2.24) is 0 Å². The highest BCUT2D eigenvalue weighted by molar-refractivity contribution is 5.79. The van der Waals surface area contributed by atoms with E-state index in [1.807, 2.05) is 13.1 Å². The molecule has 0 radical (unpaired) electrons. The van der Waals surface area contributed by atoms with Crippen molar-refractivity contribution in [2.24, 2.45) is 10.9 Å². The second kappa shape index (κ2) is 5.58. The summed E-state index contributed by atoms with van der Waals surface area (Å²) in [6.45, 7) is 2.53. The van der Waals surface area contributed by atoms with E-state index >= 15 is 0 Å². The number of nitriles is 1. The Balaban J connectivity index is 2.53. The molecule has 3 nitrogen and oxygen atoms in total. The fourth-order valence-corrected chi connectivity index (χ4v) is 1.79. The molecule has 72 valence electrons. The number of rotatable bonds is 2. The maximum Gasteiger partial charge on any atom is 0.208 e. The molecule has 0 saturated heterocycles. The molecule has 0 aromatic rings. The van der Waals surface area contributed by atoms with Crippen LogP contribution < -0.4 is 0 Å². The molecule has 0 aromatic carbocycles. The highest BCUT2D eigenvalue weighted by atomic mass is 16.5. The Morgan fingerprint density at radius 1 is 1.46 bits per heavy atom. The van der Waals surface area contributed by atoms with Crippen molar-refractivity contribution in [1.29, 1.82) is 5.26 Å². The lowest BCUT2D eigenvalue weighted by Gasteiger charge is -2.21. The van der Waals surface area contributed by atoms with E-state index in [1.54, 1.807) is 0 Å². The van der Waals surface area contributed by atoms with Crippen LogP contribution >= 0.6 is 0 Å². The number of ether oxygens (including phenoxy) is 1. The van der Waals surface area contributed by atoms with E-state index in [-0.39, 0.29) is 0 Å². The summed E-state index contributed by atoms with van der Waals surface area (Å²) in [5, 5.41) is 8.48. The third-order valence-corrected chi connectivity index (χ3v) is 2.41. The highest BCUT2D eigenvalue weighted by Gasteiger charge is 2.20. The lowest BCUT2D eigenvalue weighted by Crippen LogP contribution is -2.20. The van der Waals surface area contributed by atoms with Crippen LogP contribution in [0.4, 0.5) is 0 Å². The Kier molecular flexibility index (Phi) is 4.31. The molecule has 13 heavy (non-hydrogen) atoms. The summed E-state index contributed by atoms with van der Waals surface area (Å²) in [4.78, 5) is 3.74. The van der Waals surface area contributed by atoms with Crippen molar-refractivity contribution in [2.45, 2.75) is 39.0 Å². The van der Waals surface area contributed by atoms with Gasteiger partial charge in [0.15, 0.2) is 0 Å². The molecule has 0 amide bonds. The van der Waals surface area contributed by atoms with Crippen LogP contribution in [-0.2, 0) is 4.74 Å². The van der Waals surface area contributed by atoms with Crippen LogP contribution in [-0.4, -0.2) is 12.5 Å². The molecule has 0 bridgehead atoms. The first kappa shape index (κ1) is 10.0. The summed E-state index contributed by atoms with van der Waals surface area (Å²) < 4.78 is 5.35. The maximum absolute atomic E-state index is 8.48. The van der Waals surface area contributed by atoms with Crippen LogP contribution in [0.5, 0.6) is 0 Å². The van der Waals surface area contributed by atoms with Gasteiger partial charge in [-0.25, -0.2) is 0 Å². The van der Waals surface area contributed by atoms with Crippen LogP contribution in [0.3, 0.4) is 0 Å². The first-order valence-corrected chi connectivity index (χ1v) is 4.98. The number of hydrogen-bond donors (Lipinski definition) is 0. The largest absolute Gasteiger partial charge is 0.480 e. The summed E-state index contributed by atoms with van der Waals surface area (Å²) >= 11 is 0. The second-order valence-electron chi connectivity index (χ2n) is 3.32. The van der Waals surface area contributed by atoms with Gasteiger partial charge in [-0.05, 0) is 19.8 Å². The molecule has 1 rings (SSSR count). The minimum Gasteiger partial charge on any atom is -0.480 e. The van der Waals surface area contributed by atoms with Gasteiger partial charge in [0.2, 0.25) is 12.1 Å². The van der Waals surface area contributed by atoms with Gasteiger partial charge in [-0.3, -0.25) is 0 Å². The number of aliphatic imine (C=N–C) groups is 1. The van der Waals surface area contributed by atoms with E-state index in [0.717, 1.165) is 12.8 Å². The fourth-order valence-electron chi connectivity index (χ4n) is 1.79. The topological polar surface area (TPSA) is 45.4 Å². The van der Waals surface area contributed by atoms with Crippen molar-refractivity contribution in [3.8, 4) is 6.19 Å². The zero-order valence-electron chi connectivity index (χ0n) is 8.12. The summed E-state index contributed by atoms with van der Waals surface area (Å²) in [5.74, 6) is 1.05. The molecule has 0 spiro atoms. The average molecular weight is 180 g/mol.